The summed E-state index contributed by atoms with van der Waals surface area (Å²) in [4.78, 5) is 4.01. The highest BCUT2D eigenvalue weighted by molar-refractivity contribution is 5.43. The van der Waals surface area contributed by atoms with Crippen LogP contribution in [0.1, 0.15) is 16.7 Å². The lowest BCUT2D eigenvalue weighted by Crippen LogP contribution is -3.00. The molecule has 0 unspecified atom stereocenters. The van der Waals surface area contributed by atoms with Gasteiger partial charge in [-0.3, -0.25) is 4.98 Å². The topological polar surface area (TPSA) is 43.4 Å². The molecule has 142 valence electrons. The van der Waals surface area contributed by atoms with Crippen molar-refractivity contribution in [2.75, 3.05) is 7.11 Å². The van der Waals surface area contributed by atoms with Crippen molar-refractivity contribution in [2.45, 2.75) is 19.7 Å². The number of pyridine rings is 1. The highest BCUT2D eigenvalue weighted by Gasteiger charge is 2.08. The van der Waals surface area contributed by atoms with Gasteiger partial charge in [0.1, 0.15) is 12.4 Å². The fourth-order valence-corrected chi connectivity index (χ4v) is 2.56. The van der Waals surface area contributed by atoms with Crippen molar-refractivity contribution in [3.8, 4) is 11.5 Å². The molecule has 0 bridgehead atoms. The molecule has 0 radical (unpaired) electrons. The van der Waals surface area contributed by atoms with E-state index in [1.165, 1.54) is 11.6 Å². The fraction of sp³-hybridized carbons (Fsp3) is 0.190. The smallest absolute Gasteiger partial charge is 0.161 e. The van der Waals surface area contributed by atoms with E-state index in [1.54, 1.807) is 37.7 Å². The molecule has 3 rings (SSSR count). The summed E-state index contributed by atoms with van der Waals surface area (Å²) in [6, 6.07) is 16.3. The molecule has 6 heteroatoms. The number of ether oxygens (including phenoxy) is 2. The molecule has 0 saturated heterocycles. The van der Waals surface area contributed by atoms with Crippen molar-refractivity contribution in [2.24, 2.45) is 0 Å². The van der Waals surface area contributed by atoms with Gasteiger partial charge < -0.3 is 27.2 Å². The molecule has 1 N–H and O–H groups in total. The van der Waals surface area contributed by atoms with Crippen LogP contribution in [0.25, 0.3) is 0 Å². The predicted molar refractivity (Wildman–Crippen MR) is 98.5 cm³/mol. The molecule has 0 atom stereocenters. The van der Waals surface area contributed by atoms with Crippen molar-refractivity contribution in [1.29, 1.82) is 0 Å². The first-order chi connectivity index (χ1) is 12.8. The monoisotopic (exact) mass is 387 g/mol. The molecule has 2 aromatic carbocycles. The minimum atomic E-state index is -0.275. The lowest BCUT2D eigenvalue weighted by Gasteiger charge is -2.13. The van der Waals surface area contributed by atoms with Gasteiger partial charge in [0.25, 0.3) is 0 Å². The van der Waals surface area contributed by atoms with Crippen molar-refractivity contribution in [1.82, 2.24) is 10.3 Å². The first-order valence-electron chi connectivity index (χ1n) is 8.39. The van der Waals surface area contributed by atoms with Crippen molar-refractivity contribution in [3.63, 3.8) is 0 Å². The molecule has 0 fully saturated rings. The number of aromatic nitrogens is 1. The molecule has 4 nitrogen and oxygen atoms in total. The predicted octanol–water partition coefficient (Wildman–Crippen LogP) is 1.10. The van der Waals surface area contributed by atoms with Crippen LogP contribution in [0, 0.1) is 5.82 Å². The maximum atomic E-state index is 13.7. The molecule has 0 saturated carbocycles. The summed E-state index contributed by atoms with van der Waals surface area (Å²) in [7, 11) is 1.60. The zero-order chi connectivity index (χ0) is 18.2. The number of halogens is 2. The summed E-state index contributed by atoms with van der Waals surface area (Å²) in [5.74, 6) is 0.946. The maximum absolute atomic E-state index is 13.7. The van der Waals surface area contributed by atoms with Gasteiger partial charge in [-0.05, 0) is 41.5 Å². The summed E-state index contributed by atoms with van der Waals surface area (Å²) in [5, 5.41) is 3.38. The minimum absolute atomic E-state index is 0. The van der Waals surface area contributed by atoms with Gasteiger partial charge in [0.2, 0.25) is 0 Å². The van der Waals surface area contributed by atoms with Crippen LogP contribution in [0.5, 0.6) is 11.5 Å². The summed E-state index contributed by atoms with van der Waals surface area (Å²) >= 11 is 0. The maximum Gasteiger partial charge on any atom is 0.161 e. The van der Waals surface area contributed by atoms with E-state index in [9.17, 15) is 4.39 Å². The molecular weight excluding hydrogens is 367 g/mol. The molecular formula is C21H21ClFN2O2-. The van der Waals surface area contributed by atoms with E-state index in [2.05, 4.69) is 10.3 Å². The molecule has 0 aliphatic rings. The second-order valence-electron chi connectivity index (χ2n) is 5.82. The van der Waals surface area contributed by atoms with E-state index in [1.807, 2.05) is 30.3 Å². The molecule has 0 amide bonds. The molecule has 3 aromatic rings. The molecule has 0 aliphatic heterocycles. The van der Waals surface area contributed by atoms with Gasteiger partial charge in [0.05, 0.1) is 7.11 Å². The van der Waals surface area contributed by atoms with Crippen molar-refractivity contribution >= 4 is 0 Å². The minimum Gasteiger partial charge on any atom is -1.00 e. The molecule has 1 aromatic heterocycles. The van der Waals surface area contributed by atoms with E-state index in [4.69, 9.17) is 9.47 Å². The number of rotatable bonds is 8. The Balaban J connectivity index is 0.00000261. The normalized spacial score (nSPS) is 10.1. The lowest BCUT2D eigenvalue weighted by atomic mass is 10.2. The quantitative estimate of drug-likeness (QED) is 0.628. The third kappa shape index (κ3) is 5.94. The van der Waals surface area contributed by atoms with Crippen LogP contribution in [-0.2, 0) is 19.7 Å². The van der Waals surface area contributed by atoms with Gasteiger partial charge in [-0.2, -0.15) is 0 Å². The Kier molecular flexibility index (Phi) is 8.04. The first-order valence-corrected chi connectivity index (χ1v) is 8.39. The van der Waals surface area contributed by atoms with Crippen LogP contribution in [0.2, 0.25) is 0 Å². The van der Waals surface area contributed by atoms with Gasteiger partial charge in [-0.15, -0.1) is 0 Å². The van der Waals surface area contributed by atoms with E-state index in [0.29, 0.717) is 23.6 Å². The molecule has 1 heterocycles. The number of benzene rings is 2. The Morgan fingerprint density at radius 2 is 1.67 bits per heavy atom. The SMILES string of the molecule is COc1cc(CNCc2ccncc2)ccc1OCc1ccccc1F.[Cl-]. The molecule has 0 spiro atoms. The first kappa shape index (κ1) is 20.7. The number of hydrogen-bond donors (Lipinski definition) is 1. The van der Waals surface area contributed by atoms with Crippen LogP contribution < -0.4 is 27.2 Å². The third-order valence-electron chi connectivity index (χ3n) is 3.98. The summed E-state index contributed by atoms with van der Waals surface area (Å²) in [6.45, 7) is 1.62. The average molecular weight is 388 g/mol. The Hall–Kier alpha value is -2.63. The van der Waals surface area contributed by atoms with Gasteiger partial charge >= 0.3 is 0 Å². The number of nitrogens with one attached hydrogen (secondary N) is 1. The molecule has 27 heavy (non-hydrogen) atoms. The lowest BCUT2D eigenvalue weighted by molar-refractivity contribution is -0.00000653. The highest BCUT2D eigenvalue weighted by Crippen LogP contribution is 2.29. The summed E-state index contributed by atoms with van der Waals surface area (Å²) < 4.78 is 24.8. The van der Waals surface area contributed by atoms with Gasteiger partial charge in [0.15, 0.2) is 11.5 Å². The summed E-state index contributed by atoms with van der Waals surface area (Å²) in [5.41, 5.74) is 2.77. The average Bonchev–Trinajstić information content (AvgIpc) is 2.68. The van der Waals surface area contributed by atoms with E-state index >= 15 is 0 Å². The fourth-order valence-electron chi connectivity index (χ4n) is 2.56. The van der Waals surface area contributed by atoms with Crippen molar-refractivity contribution in [3.05, 3.63) is 89.5 Å². The molecule has 0 aliphatic carbocycles. The zero-order valence-electron chi connectivity index (χ0n) is 15.0. The Bertz CT molecular complexity index is 847. The van der Waals surface area contributed by atoms with Crippen LogP contribution in [0.4, 0.5) is 4.39 Å². The van der Waals surface area contributed by atoms with Gasteiger partial charge in [-0.25, -0.2) is 4.39 Å². The van der Waals surface area contributed by atoms with Crippen LogP contribution in [0.15, 0.2) is 67.0 Å². The number of nitrogens with zero attached hydrogens (tertiary/aromatic N) is 1. The van der Waals surface area contributed by atoms with Crippen LogP contribution in [0.3, 0.4) is 0 Å². The third-order valence-corrected chi connectivity index (χ3v) is 3.98. The van der Waals surface area contributed by atoms with E-state index in [0.717, 1.165) is 12.1 Å². The second-order valence-corrected chi connectivity index (χ2v) is 5.82. The highest BCUT2D eigenvalue weighted by atomic mass is 35.5. The Morgan fingerprint density at radius 3 is 2.41 bits per heavy atom. The Labute approximate surface area is 164 Å². The number of methoxy groups -OCH3 is 1. The van der Waals surface area contributed by atoms with Crippen LogP contribution in [-0.4, -0.2) is 12.1 Å². The second kappa shape index (κ2) is 10.5. The standard InChI is InChI=1S/C21H21FN2O2.ClH/c1-25-21-12-17(14-24-13-16-8-10-23-11-9-16)6-7-20(21)26-15-18-4-2-3-5-19(18)22;/h2-12,24H,13-15H2,1H3;1H/p-1. The van der Waals surface area contributed by atoms with Crippen LogP contribution >= 0.6 is 0 Å². The largest absolute Gasteiger partial charge is 1.00 e. The Morgan fingerprint density at radius 1 is 0.926 bits per heavy atom. The van der Waals surface area contributed by atoms with E-state index in [-0.39, 0.29) is 24.8 Å². The van der Waals surface area contributed by atoms with E-state index < -0.39 is 0 Å². The number of hydrogen-bond acceptors (Lipinski definition) is 4. The zero-order valence-corrected chi connectivity index (χ0v) is 15.7. The van der Waals surface area contributed by atoms with Gasteiger partial charge in [0, 0.05) is 31.0 Å². The summed E-state index contributed by atoms with van der Waals surface area (Å²) in [6.07, 6.45) is 3.56. The van der Waals surface area contributed by atoms with Crippen molar-refractivity contribution < 1.29 is 26.3 Å². The van der Waals surface area contributed by atoms with Gasteiger partial charge in [-0.1, -0.05) is 24.3 Å².